The van der Waals surface area contributed by atoms with Gasteiger partial charge in [-0.1, -0.05) is 20.8 Å². The Morgan fingerprint density at radius 2 is 1.89 bits per heavy atom. The minimum Gasteiger partial charge on any atom is -0.507 e. The molecule has 1 aliphatic rings. The van der Waals surface area contributed by atoms with Gasteiger partial charge in [0.2, 0.25) is 0 Å². The van der Waals surface area contributed by atoms with Gasteiger partial charge < -0.3 is 14.6 Å². The van der Waals surface area contributed by atoms with Gasteiger partial charge in [-0.25, -0.2) is 0 Å². The van der Waals surface area contributed by atoms with E-state index in [1.54, 1.807) is 6.07 Å². The van der Waals surface area contributed by atoms with Crippen LogP contribution < -0.4 is 0 Å². The van der Waals surface area contributed by atoms with Gasteiger partial charge in [-0.3, -0.25) is 4.79 Å². The fourth-order valence-electron chi connectivity index (χ4n) is 2.05. The van der Waals surface area contributed by atoms with E-state index in [0.717, 1.165) is 12.0 Å². The molecule has 1 heterocycles. The van der Waals surface area contributed by atoms with Crippen LogP contribution in [-0.2, 0) is 14.9 Å². The average Bonchev–Trinajstić information content (AvgIpc) is 2.38. The number of benzene rings is 1. The first-order valence-corrected chi connectivity index (χ1v) is 6.49. The van der Waals surface area contributed by atoms with E-state index in [-0.39, 0.29) is 16.7 Å². The molecule has 0 amide bonds. The number of rotatable bonds is 2. The lowest BCUT2D eigenvalue weighted by molar-refractivity contribution is -0.183. The van der Waals surface area contributed by atoms with Crippen molar-refractivity contribution in [3.05, 3.63) is 28.8 Å². The number of aromatic hydroxyl groups is 1. The second-order valence-electron chi connectivity index (χ2n) is 5.80. The van der Waals surface area contributed by atoms with E-state index in [1.165, 1.54) is 0 Å². The molecule has 4 nitrogen and oxygen atoms in total. The summed E-state index contributed by atoms with van der Waals surface area (Å²) in [5.41, 5.74) is 1.67. The van der Waals surface area contributed by atoms with E-state index < -0.39 is 6.29 Å². The molecule has 104 valence electrons. The van der Waals surface area contributed by atoms with Gasteiger partial charge >= 0.3 is 0 Å². The van der Waals surface area contributed by atoms with Crippen molar-refractivity contribution in [2.24, 2.45) is 0 Å². The molecule has 1 aromatic rings. The number of hydrogen-bond donors (Lipinski definition) is 1. The predicted molar refractivity (Wildman–Crippen MR) is 71.5 cm³/mol. The van der Waals surface area contributed by atoms with Crippen molar-refractivity contribution in [2.45, 2.75) is 38.9 Å². The molecule has 0 radical (unpaired) electrons. The van der Waals surface area contributed by atoms with Crippen LogP contribution in [0, 0.1) is 0 Å². The third-order valence-corrected chi connectivity index (χ3v) is 3.24. The Labute approximate surface area is 113 Å². The standard InChI is InChI=1S/C15H20O4/c1-15(2,3)11-7-10(9-16)13(17)12(8-11)14-18-5-4-6-19-14/h7-9,14,17H,4-6H2,1-3H3. The van der Waals surface area contributed by atoms with Gasteiger partial charge in [0.25, 0.3) is 0 Å². The third-order valence-electron chi connectivity index (χ3n) is 3.24. The molecule has 0 unspecified atom stereocenters. The number of phenols is 1. The summed E-state index contributed by atoms with van der Waals surface area (Å²) in [6.07, 6.45) is 0.919. The molecule has 0 atom stereocenters. The zero-order valence-corrected chi connectivity index (χ0v) is 11.6. The van der Waals surface area contributed by atoms with E-state index in [0.29, 0.717) is 25.1 Å². The van der Waals surface area contributed by atoms with Crippen LogP contribution in [0.2, 0.25) is 0 Å². The summed E-state index contributed by atoms with van der Waals surface area (Å²) in [5, 5.41) is 10.1. The lowest BCUT2D eigenvalue weighted by atomic mass is 9.84. The highest BCUT2D eigenvalue weighted by Gasteiger charge is 2.25. The maximum Gasteiger partial charge on any atom is 0.187 e. The van der Waals surface area contributed by atoms with Gasteiger partial charge in [0, 0.05) is 0 Å². The lowest BCUT2D eigenvalue weighted by Crippen LogP contribution is -2.19. The predicted octanol–water partition coefficient (Wildman–Crippen LogP) is 2.94. The summed E-state index contributed by atoms with van der Waals surface area (Å²) in [4.78, 5) is 11.1. The largest absolute Gasteiger partial charge is 0.507 e. The van der Waals surface area contributed by atoms with Crippen LogP contribution in [0.5, 0.6) is 5.75 Å². The Morgan fingerprint density at radius 1 is 1.26 bits per heavy atom. The van der Waals surface area contributed by atoms with Gasteiger partial charge in [-0.2, -0.15) is 0 Å². The van der Waals surface area contributed by atoms with E-state index in [9.17, 15) is 9.90 Å². The molecule has 0 spiro atoms. The van der Waals surface area contributed by atoms with E-state index in [4.69, 9.17) is 9.47 Å². The number of carbonyl (C=O) groups excluding carboxylic acids is 1. The molecule has 19 heavy (non-hydrogen) atoms. The highest BCUT2D eigenvalue weighted by Crippen LogP contribution is 2.36. The van der Waals surface area contributed by atoms with Crippen LogP contribution in [0.25, 0.3) is 0 Å². The summed E-state index contributed by atoms with van der Waals surface area (Å²) >= 11 is 0. The third kappa shape index (κ3) is 2.96. The Bertz CT molecular complexity index is 468. The van der Waals surface area contributed by atoms with Gasteiger partial charge in [-0.05, 0) is 29.5 Å². The van der Waals surface area contributed by atoms with Crippen molar-refractivity contribution in [1.29, 1.82) is 0 Å². The summed E-state index contributed by atoms with van der Waals surface area (Å²) in [6.45, 7) is 7.36. The molecule has 2 rings (SSSR count). The summed E-state index contributed by atoms with van der Waals surface area (Å²) in [5.74, 6) is -0.0464. The molecule has 0 bridgehead atoms. The SMILES string of the molecule is CC(C)(C)c1cc(C=O)c(O)c(C2OCCCO2)c1. The number of aldehydes is 1. The zero-order valence-electron chi connectivity index (χ0n) is 11.6. The first kappa shape index (κ1) is 14.0. The first-order chi connectivity index (χ1) is 8.93. The van der Waals surface area contributed by atoms with Crippen molar-refractivity contribution in [2.75, 3.05) is 13.2 Å². The van der Waals surface area contributed by atoms with Gasteiger partial charge in [0.15, 0.2) is 12.6 Å². The molecule has 0 saturated carbocycles. The van der Waals surface area contributed by atoms with Crippen LogP contribution in [-0.4, -0.2) is 24.6 Å². The number of hydrogen-bond acceptors (Lipinski definition) is 4. The molecular weight excluding hydrogens is 244 g/mol. The Balaban J connectivity index is 2.48. The fraction of sp³-hybridized carbons (Fsp3) is 0.533. The monoisotopic (exact) mass is 264 g/mol. The second-order valence-corrected chi connectivity index (χ2v) is 5.80. The molecule has 1 fully saturated rings. The Hall–Kier alpha value is -1.39. The average molecular weight is 264 g/mol. The number of carbonyl (C=O) groups is 1. The second kappa shape index (κ2) is 5.31. The highest BCUT2D eigenvalue weighted by molar-refractivity contribution is 5.80. The summed E-state index contributed by atoms with van der Waals surface area (Å²) < 4.78 is 11.0. The quantitative estimate of drug-likeness (QED) is 0.834. The first-order valence-electron chi connectivity index (χ1n) is 6.49. The molecule has 1 N–H and O–H groups in total. The van der Waals surface area contributed by atoms with Crippen LogP contribution in [0.3, 0.4) is 0 Å². The summed E-state index contributed by atoms with van der Waals surface area (Å²) in [6, 6.07) is 3.58. The van der Waals surface area contributed by atoms with E-state index in [1.807, 2.05) is 6.07 Å². The van der Waals surface area contributed by atoms with Crippen molar-refractivity contribution in [1.82, 2.24) is 0 Å². The van der Waals surface area contributed by atoms with Gasteiger partial charge in [0.05, 0.1) is 24.3 Å². The van der Waals surface area contributed by atoms with Crippen molar-refractivity contribution < 1.29 is 19.4 Å². The zero-order chi connectivity index (χ0) is 14.0. The molecular formula is C15H20O4. The van der Waals surface area contributed by atoms with Crippen molar-refractivity contribution in [3.8, 4) is 5.75 Å². The smallest absolute Gasteiger partial charge is 0.187 e. The van der Waals surface area contributed by atoms with Crippen molar-refractivity contribution in [3.63, 3.8) is 0 Å². The molecule has 4 heteroatoms. The fourth-order valence-corrected chi connectivity index (χ4v) is 2.05. The maximum atomic E-state index is 11.1. The van der Waals surface area contributed by atoms with Crippen LogP contribution in [0.1, 0.15) is 55.0 Å². The Kier molecular flexibility index (Phi) is 3.92. The molecule has 1 aliphatic heterocycles. The molecule has 1 aromatic carbocycles. The van der Waals surface area contributed by atoms with Crippen LogP contribution >= 0.6 is 0 Å². The van der Waals surface area contributed by atoms with Gasteiger partial charge in [0.1, 0.15) is 5.75 Å². The Morgan fingerprint density at radius 3 is 2.42 bits per heavy atom. The molecule has 0 aliphatic carbocycles. The van der Waals surface area contributed by atoms with Crippen LogP contribution in [0.15, 0.2) is 12.1 Å². The maximum absolute atomic E-state index is 11.1. The minimum absolute atomic E-state index is 0.0464. The van der Waals surface area contributed by atoms with E-state index >= 15 is 0 Å². The van der Waals surface area contributed by atoms with Crippen molar-refractivity contribution >= 4 is 6.29 Å². The van der Waals surface area contributed by atoms with E-state index in [2.05, 4.69) is 20.8 Å². The minimum atomic E-state index is -0.588. The van der Waals surface area contributed by atoms with Crippen LogP contribution in [0.4, 0.5) is 0 Å². The number of phenolic OH excluding ortho intramolecular Hbond substituents is 1. The molecule has 1 saturated heterocycles. The van der Waals surface area contributed by atoms with Gasteiger partial charge in [-0.15, -0.1) is 0 Å². The molecule has 0 aromatic heterocycles. The summed E-state index contributed by atoms with van der Waals surface area (Å²) in [7, 11) is 0. The number of ether oxygens (including phenoxy) is 2. The highest BCUT2D eigenvalue weighted by atomic mass is 16.7. The lowest BCUT2D eigenvalue weighted by Gasteiger charge is -2.27. The topological polar surface area (TPSA) is 55.8 Å². The normalized spacial score (nSPS) is 17.4.